The van der Waals surface area contributed by atoms with E-state index < -0.39 is 32.2 Å². The molecular formula is C10H10F2N2O2S. The molecule has 0 atom stereocenters. The predicted octanol–water partition coefficient (Wildman–Crippen LogP) is 0.849. The van der Waals surface area contributed by atoms with Crippen LogP contribution < -0.4 is 10.5 Å². The highest BCUT2D eigenvalue weighted by Gasteiger charge is 2.20. The molecule has 0 aliphatic carbocycles. The Morgan fingerprint density at radius 2 is 2.00 bits per heavy atom. The van der Waals surface area contributed by atoms with Crippen LogP contribution in [0.3, 0.4) is 0 Å². The van der Waals surface area contributed by atoms with Gasteiger partial charge in [0.05, 0.1) is 5.69 Å². The Labute approximate surface area is 97.9 Å². The molecule has 0 fully saturated rings. The number of sulfonamides is 1. The van der Waals surface area contributed by atoms with Crippen LogP contribution in [0.25, 0.3) is 0 Å². The number of nitrogens with one attached hydrogen (secondary N) is 1. The smallest absolute Gasteiger partial charge is 0.243 e. The first-order valence-corrected chi connectivity index (χ1v) is 6.04. The van der Waals surface area contributed by atoms with Crippen molar-refractivity contribution < 1.29 is 17.2 Å². The molecule has 0 aliphatic heterocycles. The topological polar surface area (TPSA) is 72.2 Å². The van der Waals surface area contributed by atoms with Crippen LogP contribution in [0.15, 0.2) is 17.0 Å². The summed E-state index contributed by atoms with van der Waals surface area (Å²) < 4.78 is 51.4. The van der Waals surface area contributed by atoms with Gasteiger partial charge in [-0.1, -0.05) is 0 Å². The minimum absolute atomic E-state index is 0.0322. The third-order valence-electron chi connectivity index (χ3n) is 1.90. The Balaban J connectivity index is 3.08. The molecule has 1 aromatic carbocycles. The standard InChI is InChI=1S/C10H10F2N2O2S/c1-2-3-4-14-17(15,16)10-6-9(13)7(11)5-8(10)12/h1,5-6,14H,3-4,13H2. The maximum Gasteiger partial charge on any atom is 0.243 e. The summed E-state index contributed by atoms with van der Waals surface area (Å²) in [6, 6.07) is 1.15. The summed E-state index contributed by atoms with van der Waals surface area (Å²) in [5.74, 6) is 0.00849. The van der Waals surface area contributed by atoms with Crippen LogP contribution in [0.4, 0.5) is 14.5 Å². The fourth-order valence-corrected chi connectivity index (χ4v) is 2.21. The van der Waals surface area contributed by atoms with E-state index in [1.54, 1.807) is 0 Å². The summed E-state index contributed by atoms with van der Waals surface area (Å²) in [5.41, 5.74) is 4.73. The number of nitrogens with two attached hydrogens (primary N) is 1. The lowest BCUT2D eigenvalue weighted by atomic mass is 10.3. The zero-order chi connectivity index (χ0) is 13.1. The van der Waals surface area contributed by atoms with Gasteiger partial charge in [-0.2, -0.15) is 0 Å². The van der Waals surface area contributed by atoms with Crippen LogP contribution in [0, 0.1) is 24.0 Å². The Hall–Kier alpha value is -1.65. The van der Waals surface area contributed by atoms with E-state index in [1.807, 2.05) is 0 Å². The fraction of sp³-hybridized carbons (Fsp3) is 0.200. The second-order valence-electron chi connectivity index (χ2n) is 3.16. The van der Waals surface area contributed by atoms with Gasteiger partial charge in [-0.25, -0.2) is 21.9 Å². The monoisotopic (exact) mass is 260 g/mol. The molecule has 0 heterocycles. The minimum atomic E-state index is -4.07. The van der Waals surface area contributed by atoms with Gasteiger partial charge in [-0.15, -0.1) is 12.3 Å². The zero-order valence-electron chi connectivity index (χ0n) is 8.70. The van der Waals surface area contributed by atoms with Crippen molar-refractivity contribution in [3.63, 3.8) is 0 Å². The molecule has 4 nitrogen and oxygen atoms in total. The summed E-state index contributed by atoms with van der Waals surface area (Å²) in [6.45, 7) is -0.0322. The predicted molar refractivity (Wildman–Crippen MR) is 59.4 cm³/mol. The molecule has 0 saturated heterocycles. The average Bonchev–Trinajstić information content (AvgIpc) is 2.23. The number of halogens is 2. The maximum atomic E-state index is 13.3. The van der Waals surface area contributed by atoms with Crippen LogP contribution in [-0.4, -0.2) is 15.0 Å². The number of nitrogen functional groups attached to an aromatic ring is 1. The van der Waals surface area contributed by atoms with Gasteiger partial charge in [0.2, 0.25) is 10.0 Å². The molecule has 0 aliphatic rings. The van der Waals surface area contributed by atoms with Gasteiger partial charge < -0.3 is 5.73 Å². The zero-order valence-corrected chi connectivity index (χ0v) is 9.52. The summed E-state index contributed by atoms with van der Waals surface area (Å²) >= 11 is 0. The lowest BCUT2D eigenvalue weighted by molar-refractivity contribution is 0.545. The Bertz CT molecular complexity index is 564. The van der Waals surface area contributed by atoms with Crippen LogP contribution in [0.1, 0.15) is 6.42 Å². The van der Waals surface area contributed by atoms with Crippen LogP contribution >= 0.6 is 0 Å². The number of hydrogen-bond acceptors (Lipinski definition) is 3. The molecule has 1 rings (SSSR count). The van der Waals surface area contributed by atoms with E-state index in [2.05, 4.69) is 10.6 Å². The van der Waals surface area contributed by atoms with E-state index in [9.17, 15) is 17.2 Å². The molecule has 92 valence electrons. The maximum absolute atomic E-state index is 13.3. The van der Waals surface area contributed by atoms with E-state index in [0.29, 0.717) is 6.07 Å². The van der Waals surface area contributed by atoms with Crippen molar-refractivity contribution in [3.05, 3.63) is 23.8 Å². The molecule has 0 aromatic heterocycles. The first-order valence-electron chi connectivity index (χ1n) is 4.56. The Kier molecular flexibility index (Phi) is 4.04. The largest absolute Gasteiger partial charge is 0.396 e. The first kappa shape index (κ1) is 13.4. The van der Waals surface area contributed by atoms with Gasteiger partial charge in [0.15, 0.2) is 0 Å². The highest BCUT2D eigenvalue weighted by molar-refractivity contribution is 7.89. The molecular weight excluding hydrogens is 250 g/mol. The number of terminal acetylenes is 1. The number of anilines is 1. The fourth-order valence-electron chi connectivity index (χ4n) is 1.09. The lowest BCUT2D eigenvalue weighted by Gasteiger charge is -2.07. The van der Waals surface area contributed by atoms with Crippen molar-refractivity contribution in [3.8, 4) is 12.3 Å². The normalized spacial score (nSPS) is 11.1. The van der Waals surface area contributed by atoms with Gasteiger partial charge >= 0.3 is 0 Å². The van der Waals surface area contributed by atoms with Crippen molar-refractivity contribution in [1.29, 1.82) is 0 Å². The van der Waals surface area contributed by atoms with E-state index in [1.165, 1.54) is 0 Å². The number of hydrogen-bond donors (Lipinski definition) is 2. The highest BCUT2D eigenvalue weighted by atomic mass is 32.2. The highest BCUT2D eigenvalue weighted by Crippen LogP contribution is 2.20. The molecule has 3 N–H and O–H groups in total. The summed E-state index contributed by atoms with van der Waals surface area (Å²) in [6.07, 6.45) is 5.11. The molecule has 1 aromatic rings. The van der Waals surface area contributed by atoms with E-state index in [-0.39, 0.29) is 13.0 Å². The third-order valence-corrected chi connectivity index (χ3v) is 3.38. The van der Waals surface area contributed by atoms with E-state index in [0.717, 1.165) is 6.07 Å². The van der Waals surface area contributed by atoms with Gasteiger partial charge in [0.25, 0.3) is 0 Å². The molecule has 0 amide bonds. The third kappa shape index (κ3) is 3.15. The number of benzene rings is 1. The summed E-state index contributed by atoms with van der Waals surface area (Å²) in [7, 11) is -4.07. The molecule has 17 heavy (non-hydrogen) atoms. The first-order chi connectivity index (χ1) is 7.88. The van der Waals surface area contributed by atoms with Crippen LogP contribution in [-0.2, 0) is 10.0 Å². The van der Waals surface area contributed by atoms with Crippen molar-refractivity contribution in [2.45, 2.75) is 11.3 Å². The quantitative estimate of drug-likeness (QED) is 0.479. The van der Waals surface area contributed by atoms with Gasteiger partial charge in [0.1, 0.15) is 16.5 Å². The summed E-state index contributed by atoms with van der Waals surface area (Å²) in [5, 5.41) is 0. The Morgan fingerprint density at radius 3 is 2.59 bits per heavy atom. The molecule has 0 saturated carbocycles. The average molecular weight is 260 g/mol. The molecule has 0 unspecified atom stereocenters. The van der Waals surface area contributed by atoms with E-state index in [4.69, 9.17) is 12.2 Å². The van der Waals surface area contributed by atoms with Crippen molar-refractivity contribution in [1.82, 2.24) is 4.72 Å². The van der Waals surface area contributed by atoms with Crippen molar-refractivity contribution in [2.24, 2.45) is 0 Å². The van der Waals surface area contributed by atoms with Gasteiger partial charge in [-0.05, 0) is 6.07 Å². The molecule has 0 spiro atoms. The van der Waals surface area contributed by atoms with Crippen LogP contribution in [0.5, 0.6) is 0 Å². The SMILES string of the molecule is C#CCCNS(=O)(=O)c1cc(N)c(F)cc1F. The lowest BCUT2D eigenvalue weighted by Crippen LogP contribution is -2.25. The minimum Gasteiger partial charge on any atom is -0.396 e. The van der Waals surface area contributed by atoms with Gasteiger partial charge in [0, 0.05) is 19.0 Å². The summed E-state index contributed by atoms with van der Waals surface area (Å²) in [4.78, 5) is -0.701. The Morgan fingerprint density at radius 1 is 1.35 bits per heavy atom. The van der Waals surface area contributed by atoms with Crippen molar-refractivity contribution in [2.75, 3.05) is 12.3 Å². The van der Waals surface area contributed by atoms with Crippen molar-refractivity contribution >= 4 is 15.7 Å². The van der Waals surface area contributed by atoms with Gasteiger partial charge in [-0.3, -0.25) is 0 Å². The molecule has 7 heteroatoms. The second-order valence-corrected chi connectivity index (χ2v) is 4.89. The van der Waals surface area contributed by atoms with E-state index >= 15 is 0 Å². The molecule has 0 radical (unpaired) electrons. The number of rotatable bonds is 4. The molecule has 0 bridgehead atoms. The van der Waals surface area contributed by atoms with Crippen LogP contribution in [0.2, 0.25) is 0 Å². The second kappa shape index (κ2) is 5.12.